The molecule has 4 aliphatic heterocycles. The SMILES string of the molecule is Nc1ccc(C(=O)N2C[C@H]3CC[C@@H]2CN(C2CCOCC2)C3)cn1. The summed E-state index contributed by atoms with van der Waals surface area (Å²) in [6.07, 6.45) is 6.18. The predicted octanol–water partition coefficient (Wildman–Crippen LogP) is 1.38. The van der Waals surface area contributed by atoms with Gasteiger partial charge in [0.05, 0.1) is 5.56 Å². The van der Waals surface area contributed by atoms with E-state index in [1.165, 1.54) is 6.42 Å². The lowest BCUT2D eigenvalue weighted by Gasteiger charge is -2.37. The van der Waals surface area contributed by atoms with E-state index in [4.69, 9.17) is 10.5 Å². The zero-order chi connectivity index (χ0) is 16.5. The number of carbonyl (C=O) groups is 1. The van der Waals surface area contributed by atoms with Gasteiger partial charge in [-0.2, -0.15) is 0 Å². The van der Waals surface area contributed by atoms with Gasteiger partial charge in [0.2, 0.25) is 0 Å². The highest BCUT2D eigenvalue weighted by Crippen LogP contribution is 2.31. The van der Waals surface area contributed by atoms with Gasteiger partial charge in [-0.05, 0) is 43.7 Å². The van der Waals surface area contributed by atoms with Crippen LogP contribution >= 0.6 is 0 Å². The van der Waals surface area contributed by atoms with E-state index in [9.17, 15) is 4.79 Å². The van der Waals surface area contributed by atoms with E-state index in [1.807, 2.05) is 0 Å². The zero-order valence-corrected chi connectivity index (χ0v) is 14.1. The maximum absolute atomic E-state index is 12.9. The first kappa shape index (κ1) is 15.8. The van der Waals surface area contributed by atoms with Crippen molar-refractivity contribution in [2.75, 3.05) is 38.6 Å². The molecule has 4 saturated heterocycles. The number of nitrogen functional groups attached to an aromatic ring is 1. The van der Waals surface area contributed by atoms with Gasteiger partial charge in [0, 0.05) is 51.1 Å². The Morgan fingerprint density at radius 1 is 1.08 bits per heavy atom. The van der Waals surface area contributed by atoms with Crippen molar-refractivity contribution in [3.8, 4) is 0 Å². The number of carbonyl (C=O) groups excluding carboxylic acids is 1. The summed E-state index contributed by atoms with van der Waals surface area (Å²) < 4.78 is 5.51. The zero-order valence-electron chi connectivity index (χ0n) is 14.1. The van der Waals surface area contributed by atoms with Crippen molar-refractivity contribution in [1.29, 1.82) is 0 Å². The molecule has 6 nitrogen and oxygen atoms in total. The van der Waals surface area contributed by atoms with Gasteiger partial charge in [-0.25, -0.2) is 4.98 Å². The lowest BCUT2D eigenvalue weighted by molar-refractivity contribution is 0.0304. The molecule has 5 heterocycles. The minimum absolute atomic E-state index is 0.103. The molecule has 4 aliphatic rings. The number of rotatable bonds is 2. The van der Waals surface area contributed by atoms with Crippen molar-refractivity contribution in [3.05, 3.63) is 23.9 Å². The molecule has 0 spiro atoms. The maximum Gasteiger partial charge on any atom is 0.255 e. The fraction of sp³-hybridized carbons (Fsp3) is 0.667. The molecule has 24 heavy (non-hydrogen) atoms. The van der Waals surface area contributed by atoms with Crippen molar-refractivity contribution >= 4 is 11.7 Å². The van der Waals surface area contributed by atoms with Crippen molar-refractivity contribution in [2.24, 2.45) is 5.92 Å². The molecular weight excluding hydrogens is 304 g/mol. The van der Waals surface area contributed by atoms with E-state index in [1.54, 1.807) is 18.3 Å². The molecule has 2 atom stereocenters. The molecule has 0 aliphatic carbocycles. The third-order valence-electron chi connectivity index (χ3n) is 5.74. The molecule has 5 rings (SSSR count). The first-order chi connectivity index (χ1) is 11.7. The van der Waals surface area contributed by atoms with Gasteiger partial charge in [0.25, 0.3) is 5.91 Å². The summed E-state index contributed by atoms with van der Waals surface area (Å²) in [5.74, 6) is 1.14. The van der Waals surface area contributed by atoms with Crippen LogP contribution in [0.1, 0.15) is 36.0 Å². The number of pyridine rings is 1. The fourth-order valence-electron chi connectivity index (χ4n) is 4.41. The monoisotopic (exact) mass is 330 g/mol. The minimum atomic E-state index is 0.103. The van der Waals surface area contributed by atoms with Crippen molar-refractivity contribution < 1.29 is 9.53 Å². The van der Waals surface area contributed by atoms with Gasteiger partial charge >= 0.3 is 0 Å². The molecule has 2 bridgehead atoms. The normalized spacial score (nSPS) is 28.8. The summed E-state index contributed by atoms with van der Waals surface area (Å²) in [6, 6.07) is 4.43. The average Bonchev–Trinajstić information content (AvgIpc) is 2.94. The Kier molecular flexibility index (Phi) is 4.41. The summed E-state index contributed by atoms with van der Waals surface area (Å²) in [6.45, 7) is 4.72. The Hall–Kier alpha value is -1.66. The van der Waals surface area contributed by atoms with Crippen molar-refractivity contribution in [3.63, 3.8) is 0 Å². The highest BCUT2D eigenvalue weighted by Gasteiger charge is 2.39. The van der Waals surface area contributed by atoms with Crippen LogP contribution in [0.15, 0.2) is 18.3 Å². The highest BCUT2D eigenvalue weighted by molar-refractivity contribution is 5.94. The van der Waals surface area contributed by atoms with E-state index in [0.29, 0.717) is 29.4 Å². The molecule has 0 unspecified atom stereocenters. The predicted molar refractivity (Wildman–Crippen MR) is 91.6 cm³/mol. The van der Waals surface area contributed by atoms with E-state index < -0.39 is 0 Å². The largest absolute Gasteiger partial charge is 0.384 e. The summed E-state index contributed by atoms with van der Waals surface area (Å²) >= 11 is 0. The Bertz CT molecular complexity index is 585. The Morgan fingerprint density at radius 2 is 1.92 bits per heavy atom. The number of aromatic nitrogens is 1. The van der Waals surface area contributed by atoms with E-state index in [0.717, 1.165) is 52.1 Å². The minimum Gasteiger partial charge on any atom is -0.384 e. The number of ether oxygens (including phenoxy) is 1. The van der Waals surface area contributed by atoms with Crippen LogP contribution in [0, 0.1) is 5.92 Å². The number of nitrogens with two attached hydrogens (primary N) is 1. The second-order valence-corrected chi connectivity index (χ2v) is 7.32. The molecule has 0 radical (unpaired) electrons. The standard InChI is InChI=1S/C18H26N4O2/c19-17-4-2-14(9-20-17)18(23)22-11-13-1-3-16(22)12-21(10-13)15-5-7-24-8-6-15/h2,4,9,13,15-16H,1,3,5-8,10-12H2,(H2,19,20)/t13-,16+/m0/s1. The molecule has 1 aromatic heterocycles. The molecule has 2 N–H and O–H groups in total. The second kappa shape index (κ2) is 6.69. The van der Waals surface area contributed by atoms with Crippen LogP contribution in [0.3, 0.4) is 0 Å². The molecular formula is C18H26N4O2. The first-order valence-electron chi connectivity index (χ1n) is 9.05. The molecule has 1 amide bonds. The number of hydrogen-bond acceptors (Lipinski definition) is 5. The summed E-state index contributed by atoms with van der Waals surface area (Å²) in [7, 11) is 0. The fourth-order valence-corrected chi connectivity index (χ4v) is 4.41. The number of piperidine rings is 1. The second-order valence-electron chi connectivity index (χ2n) is 7.32. The first-order valence-corrected chi connectivity index (χ1v) is 9.05. The molecule has 6 heteroatoms. The lowest BCUT2D eigenvalue weighted by atomic mass is 9.94. The molecule has 1 aromatic rings. The van der Waals surface area contributed by atoms with Crippen LogP contribution in [0.5, 0.6) is 0 Å². The number of fused-ring (bicyclic) bond motifs is 4. The average molecular weight is 330 g/mol. The van der Waals surface area contributed by atoms with Crippen LogP contribution in [0.2, 0.25) is 0 Å². The van der Waals surface area contributed by atoms with Gasteiger partial charge in [0.15, 0.2) is 0 Å². The van der Waals surface area contributed by atoms with Crippen LogP contribution in [-0.4, -0.2) is 65.6 Å². The number of amides is 1. The van der Waals surface area contributed by atoms with Crippen LogP contribution in [-0.2, 0) is 4.74 Å². The van der Waals surface area contributed by atoms with E-state index in [2.05, 4.69) is 14.8 Å². The van der Waals surface area contributed by atoms with Crippen molar-refractivity contribution in [1.82, 2.24) is 14.8 Å². The van der Waals surface area contributed by atoms with Crippen molar-refractivity contribution in [2.45, 2.75) is 37.8 Å². The molecule has 0 aromatic carbocycles. The summed E-state index contributed by atoms with van der Waals surface area (Å²) in [5, 5.41) is 0. The molecule has 4 fully saturated rings. The smallest absolute Gasteiger partial charge is 0.255 e. The van der Waals surface area contributed by atoms with Gasteiger partial charge in [-0.15, -0.1) is 0 Å². The Labute approximate surface area is 143 Å². The van der Waals surface area contributed by atoms with Crippen LogP contribution < -0.4 is 5.73 Å². The summed E-state index contributed by atoms with van der Waals surface area (Å²) in [4.78, 5) is 21.7. The number of anilines is 1. The Morgan fingerprint density at radius 3 is 2.67 bits per heavy atom. The van der Waals surface area contributed by atoms with Gasteiger partial charge in [-0.3, -0.25) is 9.69 Å². The highest BCUT2D eigenvalue weighted by atomic mass is 16.5. The summed E-state index contributed by atoms with van der Waals surface area (Å²) in [5.41, 5.74) is 6.29. The van der Waals surface area contributed by atoms with Gasteiger partial charge < -0.3 is 15.4 Å². The quantitative estimate of drug-likeness (QED) is 0.887. The number of hydrogen-bond donors (Lipinski definition) is 1. The number of nitrogens with zero attached hydrogens (tertiary/aromatic N) is 3. The van der Waals surface area contributed by atoms with E-state index >= 15 is 0 Å². The third kappa shape index (κ3) is 3.13. The van der Waals surface area contributed by atoms with Gasteiger partial charge in [-0.1, -0.05) is 0 Å². The van der Waals surface area contributed by atoms with Crippen LogP contribution in [0.4, 0.5) is 5.82 Å². The van der Waals surface area contributed by atoms with Gasteiger partial charge in [0.1, 0.15) is 5.82 Å². The topological polar surface area (TPSA) is 71.7 Å². The molecule has 130 valence electrons. The van der Waals surface area contributed by atoms with E-state index in [-0.39, 0.29) is 5.91 Å². The Balaban J connectivity index is 1.50. The molecule has 0 saturated carbocycles. The lowest BCUT2D eigenvalue weighted by Crippen LogP contribution is -2.48. The van der Waals surface area contributed by atoms with Crippen LogP contribution in [0.25, 0.3) is 0 Å². The third-order valence-corrected chi connectivity index (χ3v) is 5.74. The maximum atomic E-state index is 12.9.